The third-order valence-electron chi connectivity index (χ3n) is 2.59. The van der Waals surface area contributed by atoms with E-state index in [2.05, 4.69) is 9.97 Å². The van der Waals surface area contributed by atoms with Crippen molar-refractivity contribution in [3.8, 4) is 10.7 Å². The third kappa shape index (κ3) is 1.58. The van der Waals surface area contributed by atoms with Crippen molar-refractivity contribution in [3.63, 3.8) is 0 Å². The van der Waals surface area contributed by atoms with Crippen LogP contribution in [0.15, 0.2) is 22.3 Å². The lowest BCUT2D eigenvalue weighted by Gasteiger charge is -2.14. The topological polar surface area (TPSA) is 55.0 Å². The number of aromatic nitrogens is 2. The fourth-order valence-electron chi connectivity index (χ4n) is 1.77. The number of aromatic amines is 1. The fourth-order valence-corrected chi connectivity index (χ4v) is 2.44. The highest BCUT2D eigenvalue weighted by Crippen LogP contribution is 2.21. The van der Waals surface area contributed by atoms with E-state index in [1.165, 1.54) is 0 Å². The molecule has 1 N–H and O–H groups in total. The highest BCUT2D eigenvalue weighted by Gasteiger charge is 2.16. The molecule has 4 nitrogen and oxygen atoms in total. The van der Waals surface area contributed by atoms with Crippen molar-refractivity contribution in [2.24, 2.45) is 0 Å². The first-order valence-electron chi connectivity index (χ1n) is 5.08. The molecule has 0 aromatic carbocycles. The van der Waals surface area contributed by atoms with Crippen LogP contribution in [0.25, 0.3) is 10.7 Å². The molecule has 0 aliphatic carbocycles. The Kier molecular flexibility index (Phi) is 2.34. The Bertz CT molecular complexity index is 560. The summed E-state index contributed by atoms with van der Waals surface area (Å²) in [6.45, 7) is 1.02. The van der Waals surface area contributed by atoms with E-state index in [0.29, 0.717) is 24.6 Å². The molecule has 2 aromatic heterocycles. The molecule has 0 fully saturated rings. The van der Waals surface area contributed by atoms with Crippen LogP contribution in [0.4, 0.5) is 0 Å². The van der Waals surface area contributed by atoms with Gasteiger partial charge in [0, 0.05) is 6.42 Å². The lowest BCUT2D eigenvalue weighted by Crippen LogP contribution is -2.24. The average Bonchev–Trinajstić information content (AvgIpc) is 2.82. The Morgan fingerprint density at radius 2 is 2.44 bits per heavy atom. The van der Waals surface area contributed by atoms with E-state index < -0.39 is 0 Å². The number of ether oxygens (including phenoxy) is 1. The minimum Gasteiger partial charge on any atom is -0.376 e. The predicted octanol–water partition coefficient (Wildman–Crippen LogP) is 1.57. The Morgan fingerprint density at radius 3 is 3.25 bits per heavy atom. The monoisotopic (exact) mass is 234 g/mol. The SMILES string of the molecule is O=c1[nH]c(-c2cccs2)nc2c1COCC2. The second-order valence-electron chi connectivity index (χ2n) is 3.62. The van der Waals surface area contributed by atoms with E-state index in [0.717, 1.165) is 17.0 Å². The molecule has 0 saturated carbocycles. The summed E-state index contributed by atoms with van der Waals surface area (Å²) in [4.78, 5) is 20.1. The zero-order valence-corrected chi connectivity index (χ0v) is 9.34. The standard InChI is InChI=1S/C11H10N2O2S/c14-11-7-6-15-4-3-8(7)12-10(13-11)9-2-1-5-16-9/h1-2,5H,3-4,6H2,(H,12,13,14). The summed E-state index contributed by atoms with van der Waals surface area (Å²) in [5.41, 5.74) is 1.47. The van der Waals surface area contributed by atoms with Crippen LogP contribution in [-0.2, 0) is 17.8 Å². The molecular weight excluding hydrogens is 224 g/mol. The number of nitrogens with zero attached hydrogens (tertiary/aromatic N) is 1. The van der Waals surface area contributed by atoms with Crippen LogP contribution in [0.2, 0.25) is 0 Å². The van der Waals surface area contributed by atoms with Gasteiger partial charge in [0.05, 0.1) is 29.3 Å². The summed E-state index contributed by atoms with van der Waals surface area (Å²) in [7, 11) is 0. The van der Waals surface area contributed by atoms with Crippen LogP contribution >= 0.6 is 11.3 Å². The molecular formula is C11H10N2O2S. The van der Waals surface area contributed by atoms with Gasteiger partial charge in [-0.1, -0.05) is 6.07 Å². The summed E-state index contributed by atoms with van der Waals surface area (Å²) in [6.07, 6.45) is 0.720. The average molecular weight is 234 g/mol. The number of rotatable bonds is 1. The van der Waals surface area contributed by atoms with Crippen LogP contribution in [0.5, 0.6) is 0 Å². The van der Waals surface area contributed by atoms with Crippen LogP contribution in [0.3, 0.4) is 0 Å². The Labute approximate surface area is 95.9 Å². The minimum atomic E-state index is -0.0758. The smallest absolute Gasteiger partial charge is 0.256 e. The minimum absolute atomic E-state index is 0.0758. The largest absolute Gasteiger partial charge is 0.376 e. The van der Waals surface area contributed by atoms with Gasteiger partial charge in [-0.25, -0.2) is 4.98 Å². The molecule has 0 unspecified atom stereocenters. The molecule has 0 spiro atoms. The van der Waals surface area contributed by atoms with Crippen LogP contribution in [-0.4, -0.2) is 16.6 Å². The van der Waals surface area contributed by atoms with Gasteiger partial charge in [-0.05, 0) is 11.4 Å². The number of nitrogens with one attached hydrogen (secondary N) is 1. The molecule has 0 saturated heterocycles. The van der Waals surface area contributed by atoms with Gasteiger partial charge >= 0.3 is 0 Å². The van der Waals surface area contributed by atoms with Crippen molar-refractivity contribution < 1.29 is 4.74 Å². The van der Waals surface area contributed by atoms with Gasteiger partial charge in [-0.15, -0.1) is 11.3 Å². The van der Waals surface area contributed by atoms with Gasteiger partial charge in [0.15, 0.2) is 5.82 Å². The van der Waals surface area contributed by atoms with E-state index in [4.69, 9.17) is 4.74 Å². The summed E-state index contributed by atoms with van der Waals surface area (Å²) in [6, 6.07) is 3.90. The molecule has 82 valence electrons. The van der Waals surface area contributed by atoms with E-state index in [1.54, 1.807) is 11.3 Å². The number of thiophene rings is 1. The zero-order valence-electron chi connectivity index (χ0n) is 8.53. The summed E-state index contributed by atoms with van der Waals surface area (Å²) in [5.74, 6) is 0.667. The molecule has 0 atom stereocenters. The molecule has 1 aliphatic heterocycles. The number of H-pyrrole nitrogens is 1. The van der Waals surface area contributed by atoms with E-state index in [-0.39, 0.29) is 5.56 Å². The highest BCUT2D eigenvalue weighted by atomic mass is 32.1. The third-order valence-corrected chi connectivity index (χ3v) is 3.46. The second-order valence-corrected chi connectivity index (χ2v) is 4.57. The van der Waals surface area contributed by atoms with Crippen molar-refractivity contribution in [1.29, 1.82) is 0 Å². The maximum atomic E-state index is 11.8. The molecule has 1 aliphatic rings. The van der Waals surface area contributed by atoms with E-state index in [9.17, 15) is 4.79 Å². The number of fused-ring (bicyclic) bond motifs is 1. The first-order chi connectivity index (χ1) is 7.84. The van der Waals surface area contributed by atoms with Crippen LogP contribution < -0.4 is 5.56 Å². The second kappa shape index (κ2) is 3.84. The number of hydrogen-bond donors (Lipinski definition) is 1. The van der Waals surface area contributed by atoms with Crippen molar-refractivity contribution in [1.82, 2.24) is 9.97 Å². The lowest BCUT2D eigenvalue weighted by atomic mass is 10.1. The Morgan fingerprint density at radius 1 is 1.50 bits per heavy atom. The van der Waals surface area contributed by atoms with Crippen molar-refractivity contribution in [2.75, 3.05) is 6.61 Å². The molecule has 2 aromatic rings. The molecule has 5 heteroatoms. The summed E-state index contributed by atoms with van der Waals surface area (Å²) in [5, 5.41) is 1.97. The van der Waals surface area contributed by atoms with E-state index >= 15 is 0 Å². The summed E-state index contributed by atoms with van der Waals surface area (Å²) >= 11 is 1.57. The first kappa shape index (κ1) is 9.74. The number of hydrogen-bond acceptors (Lipinski definition) is 4. The highest BCUT2D eigenvalue weighted by molar-refractivity contribution is 7.13. The fraction of sp³-hybridized carbons (Fsp3) is 0.273. The van der Waals surface area contributed by atoms with Crippen molar-refractivity contribution in [3.05, 3.63) is 39.1 Å². The molecule has 3 rings (SSSR count). The first-order valence-corrected chi connectivity index (χ1v) is 5.96. The molecule has 16 heavy (non-hydrogen) atoms. The molecule has 3 heterocycles. The van der Waals surface area contributed by atoms with Gasteiger partial charge in [-0.2, -0.15) is 0 Å². The van der Waals surface area contributed by atoms with E-state index in [1.807, 2.05) is 17.5 Å². The predicted molar refractivity (Wildman–Crippen MR) is 61.5 cm³/mol. The van der Waals surface area contributed by atoms with Gasteiger partial charge < -0.3 is 9.72 Å². The van der Waals surface area contributed by atoms with Crippen LogP contribution in [0.1, 0.15) is 11.3 Å². The zero-order chi connectivity index (χ0) is 11.0. The quantitative estimate of drug-likeness (QED) is 0.815. The van der Waals surface area contributed by atoms with Gasteiger partial charge in [0.1, 0.15) is 0 Å². The van der Waals surface area contributed by atoms with Crippen LogP contribution in [0, 0.1) is 0 Å². The van der Waals surface area contributed by atoms with Gasteiger partial charge in [0.25, 0.3) is 5.56 Å². The van der Waals surface area contributed by atoms with Gasteiger partial charge in [0.2, 0.25) is 0 Å². The Hall–Kier alpha value is -1.46. The maximum Gasteiger partial charge on any atom is 0.256 e. The molecule has 0 amide bonds. The molecule has 0 radical (unpaired) electrons. The van der Waals surface area contributed by atoms with Crippen molar-refractivity contribution >= 4 is 11.3 Å². The summed E-state index contributed by atoms with van der Waals surface area (Å²) < 4.78 is 5.25. The maximum absolute atomic E-state index is 11.8. The van der Waals surface area contributed by atoms with Crippen molar-refractivity contribution in [2.45, 2.75) is 13.0 Å². The van der Waals surface area contributed by atoms with Gasteiger partial charge in [-0.3, -0.25) is 4.79 Å². The Balaban J connectivity index is 2.16. The normalized spacial score (nSPS) is 14.8. The lowest BCUT2D eigenvalue weighted by molar-refractivity contribution is 0.108. The molecule has 0 bridgehead atoms.